The molecular formula is C59H104O6. The van der Waals surface area contributed by atoms with E-state index in [9.17, 15) is 14.4 Å². The van der Waals surface area contributed by atoms with Crippen LogP contribution in [0, 0.1) is 0 Å². The van der Waals surface area contributed by atoms with Gasteiger partial charge in [-0.25, -0.2) is 0 Å². The summed E-state index contributed by atoms with van der Waals surface area (Å²) in [6.45, 7) is 6.56. The van der Waals surface area contributed by atoms with Gasteiger partial charge in [0.2, 0.25) is 0 Å². The predicted octanol–water partition coefficient (Wildman–Crippen LogP) is 18.4. The van der Waals surface area contributed by atoms with E-state index in [1.165, 1.54) is 141 Å². The molecule has 0 amide bonds. The van der Waals surface area contributed by atoms with Crippen molar-refractivity contribution in [2.24, 2.45) is 0 Å². The van der Waals surface area contributed by atoms with E-state index < -0.39 is 6.10 Å². The SMILES string of the molecule is CCCC/C=C/C/C=C/CCCCCCCC(=O)O[C@H](COC(=O)CCCCCCC/C=C/CCCCCCC)COC(=O)CCCCCCCCCCC/C=C/C/C=C/CCCCC. The second-order valence-corrected chi connectivity index (χ2v) is 18.5. The van der Waals surface area contributed by atoms with E-state index in [1.807, 2.05) is 0 Å². The minimum absolute atomic E-state index is 0.0842. The average molecular weight is 909 g/mol. The third-order valence-electron chi connectivity index (χ3n) is 12.0. The molecule has 0 bridgehead atoms. The van der Waals surface area contributed by atoms with E-state index in [2.05, 4.69) is 81.5 Å². The standard InChI is InChI=1S/C59H104O6/c1-4-7-10-13-16-19-22-25-28-29-30-31-32-35-37-40-43-46-49-52-58(61)64-55-56(65-59(62)53-50-47-44-41-38-34-27-24-21-18-15-12-9-6-3)54-63-57(60)51-48-45-42-39-36-33-26-23-20-17-14-11-8-5-2/h15-16,18-19,23-28,56H,4-14,17,20-22,29-55H2,1-3H3/b18-15+,19-16+,26-23+,27-24+,28-25+/t56-/m1/s1. The molecule has 0 unspecified atom stereocenters. The number of rotatable bonds is 50. The van der Waals surface area contributed by atoms with Gasteiger partial charge in [0.05, 0.1) is 0 Å². The van der Waals surface area contributed by atoms with Gasteiger partial charge in [0.25, 0.3) is 0 Å². The van der Waals surface area contributed by atoms with Crippen LogP contribution < -0.4 is 0 Å². The van der Waals surface area contributed by atoms with Crippen LogP contribution in [-0.4, -0.2) is 37.2 Å². The number of allylic oxidation sites excluding steroid dienone is 10. The highest BCUT2D eigenvalue weighted by atomic mass is 16.6. The summed E-state index contributed by atoms with van der Waals surface area (Å²) in [6.07, 6.45) is 66.3. The van der Waals surface area contributed by atoms with Crippen LogP contribution in [0.2, 0.25) is 0 Å². The second-order valence-electron chi connectivity index (χ2n) is 18.5. The minimum atomic E-state index is -0.786. The highest BCUT2D eigenvalue weighted by molar-refractivity contribution is 5.71. The fraction of sp³-hybridized carbons (Fsp3) is 0.780. The first-order chi connectivity index (χ1) is 32.0. The van der Waals surface area contributed by atoms with Crippen molar-refractivity contribution >= 4 is 17.9 Å². The highest BCUT2D eigenvalue weighted by Gasteiger charge is 2.19. The molecule has 0 aliphatic rings. The van der Waals surface area contributed by atoms with Crippen LogP contribution >= 0.6 is 0 Å². The van der Waals surface area contributed by atoms with Crippen LogP contribution in [0.4, 0.5) is 0 Å². The van der Waals surface area contributed by atoms with Gasteiger partial charge in [-0.3, -0.25) is 14.4 Å². The van der Waals surface area contributed by atoms with Crippen LogP contribution in [-0.2, 0) is 28.6 Å². The van der Waals surface area contributed by atoms with Crippen molar-refractivity contribution < 1.29 is 28.6 Å². The smallest absolute Gasteiger partial charge is 0.306 e. The largest absolute Gasteiger partial charge is 0.462 e. The molecule has 0 saturated heterocycles. The first-order valence-electron chi connectivity index (χ1n) is 27.8. The zero-order valence-electron chi connectivity index (χ0n) is 43.0. The lowest BCUT2D eigenvalue weighted by molar-refractivity contribution is -0.167. The third kappa shape index (κ3) is 51.9. The number of hydrogen-bond acceptors (Lipinski definition) is 6. The van der Waals surface area contributed by atoms with Crippen LogP contribution in [0.25, 0.3) is 0 Å². The van der Waals surface area contributed by atoms with Gasteiger partial charge in [-0.2, -0.15) is 0 Å². The van der Waals surface area contributed by atoms with Gasteiger partial charge in [-0.05, 0) is 103 Å². The zero-order chi connectivity index (χ0) is 47.2. The topological polar surface area (TPSA) is 78.9 Å². The Morgan fingerprint density at radius 1 is 0.308 bits per heavy atom. The third-order valence-corrected chi connectivity index (χ3v) is 12.0. The molecule has 0 aromatic rings. The van der Waals surface area contributed by atoms with Crippen molar-refractivity contribution in [3.63, 3.8) is 0 Å². The minimum Gasteiger partial charge on any atom is -0.462 e. The number of ether oxygens (including phenoxy) is 3. The fourth-order valence-corrected chi connectivity index (χ4v) is 7.72. The molecule has 0 aromatic carbocycles. The molecule has 0 heterocycles. The molecule has 0 fully saturated rings. The Kier molecular flexibility index (Phi) is 51.3. The first kappa shape index (κ1) is 62.1. The maximum absolute atomic E-state index is 12.8. The van der Waals surface area contributed by atoms with E-state index in [1.54, 1.807) is 0 Å². The summed E-state index contributed by atoms with van der Waals surface area (Å²) < 4.78 is 16.8. The lowest BCUT2D eigenvalue weighted by Gasteiger charge is -2.18. The molecule has 1 atom stereocenters. The van der Waals surface area contributed by atoms with Gasteiger partial charge in [0, 0.05) is 19.3 Å². The molecule has 0 saturated carbocycles. The van der Waals surface area contributed by atoms with Crippen LogP contribution in [0.3, 0.4) is 0 Å². The average Bonchev–Trinajstić information content (AvgIpc) is 3.30. The summed E-state index contributed by atoms with van der Waals surface area (Å²) in [6, 6.07) is 0. The van der Waals surface area contributed by atoms with E-state index in [0.717, 1.165) is 96.3 Å². The molecule has 6 heteroatoms. The van der Waals surface area contributed by atoms with Crippen LogP contribution in [0.5, 0.6) is 0 Å². The number of esters is 3. The highest BCUT2D eigenvalue weighted by Crippen LogP contribution is 2.15. The van der Waals surface area contributed by atoms with Gasteiger partial charge in [0.1, 0.15) is 13.2 Å². The summed E-state index contributed by atoms with van der Waals surface area (Å²) in [5, 5.41) is 0. The van der Waals surface area contributed by atoms with Gasteiger partial charge < -0.3 is 14.2 Å². The molecule has 0 radical (unpaired) electrons. The molecule has 0 aromatic heterocycles. The normalized spacial score (nSPS) is 12.5. The number of unbranched alkanes of at least 4 members (excludes halogenated alkanes) is 29. The van der Waals surface area contributed by atoms with Crippen molar-refractivity contribution in [1.82, 2.24) is 0 Å². The Morgan fingerprint density at radius 3 is 0.938 bits per heavy atom. The Hall–Kier alpha value is -2.89. The Morgan fingerprint density at radius 2 is 0.569 bits per heavy atom. The van der Waals surface area contributed by atoms with Crippen molar-refractivity contribution in [3.05, 3.63) is 60.8 Å². The maximum atomic E-state index is 12.8. The Labute approximate surface area is 402 Å². The quantitative estimate of drug-likeness (QED) is 0.0262. The number of hydrogen-bond donors (Lipinski definition) is 0. The molecule has 0 aliphatic carbocycles. The number of carbonyl (C=O) groups is 3. The van der Waals surface area contributed by atoms with E-state index in [4.69, 9.17) is 14.2 Å². The lowest BCUT2D eigenvalue weighted by Crippen LogP contribution is -2.30. The monoisotopic (exact) mass is 909 g/mol. The van der Waals surface area contributed by atoms with Gasteiger partial charge in [-0.15, -0.1) is 0 Å². The Bertz CT molecular complexity index is 1180. The van der Waals surface area contributed by atoms with E-state index in [0.29, 0.717) is 19.3 Å². The van der Waals surface area contributed by atoms with E-state index in [-0.39, 0.29) is 31.1 Å². The Balaban J connectivity index is 4.38. The molecule has 0 N–H and O–H groups in total. The summed E-state index contributed by atoms with van der Waals surface area (Å²) >= 11 is 0. The van der Waals surface area contributed by atoms with Crippen molar-refractivity contribution in [1.29, 1.82) is 0 Å². The fourth-order valence-electron chi connectivity index (χ4n) is 7.72. The molecule has 0 spiro atoms. The first-order valence-corrected chi connectivity index (χ1v) is 27.8. The van der Waals surface area contributed by atoms with Gasteiger partial charge in [0.15, 0.2) is 6.10 Å². The predicted molar refractivity (Wildman–Crippen MR) is 279 cm³/mol. The van der Waals surface area contributed by atoms with Crippen molar-refractivity contribution in [2.45, 2.75) is 284 Å². The summed E-state index contributed by atoms with van der Waals surface area (Å²) in [5.41, 5.74) is 0. The van der Waals surface area contributed by atoms with E-state index >= 15 is 0 Å². The molecule has 0 aliphatic heterocycles. The van der Waals surface area contributed by atoms with Gasteiger partial charge in [-0.1, -0.05) is 216 Å². The maximum Gasteiger partial charge on any atom is 0.306 e. The second kappa shape index (κ2) is 53.7. The van der Waals surface area contributed by atoms with Crippen molar-refractivity contribution in [2.75, 3.05) is 13.2 Å². The lowest BCUT2D eigenvalue weighted by atomic mass is 10.1. The molecule has 376 valence electrons. The zero-order valence-corrected chi connectivity index (χ0v) is 43.0. The van der Waals surface area contributed by atoms with Crippen LogP contribution in [0.15, 0.2) is 60.8 Å². The van der Waals surface area contributed by atoms with Crippen LogP contribution in [0.1, 0.15) is 278 Å². The molecule has 65 heavy (non-hydrogen) atoms. The summed E-state index contributed by atoms with van der Waals surface area (Å²) in [5.74, 6) is -0.903. The molecular weight excluding hydrogens is 805 g/mol. The summed E-state index contributed by atoms with van der Waals surface area (Å²) in [4.78, 5) is 38.1. The molecule has 0 rings (SSSR count). The summed E-state index contributed by atoms with van der Waals surface area (Å²) in [7, 11) is 0. The van der Waals surface area contributed by atoms with Crippen molar-refractivity contribution in [3.8, 4) is 0 Å². The van der Waals surface area contributed by atoms with Gasteiger partial charge >= 0.3 is 17.9 Å². The molecule has 6 nitrogen and oxygen atoms in total. The number of carbonyl (C=O) groups excluding carboxylic acids is 3.